The molecule has 9 heteroatoms. The lowest BCUT2D eigenvalue weighted by Crippen LogP contribution is -2.39. The van der Waals surface area contributed by atoms with E-state index in [2.05, 4.69) is 0 Å². The first-order valence-electron chi connectivity index (χ1n) is 5.42. The molecule has 2 N–H and O–H groups in total. The van der Waals surface area contributed by atoms with Gasteiger partial charge in [-0.1, -0.05) is 0 Å². The molecule has 0 aliphatic heterocycles. The molecule has 0 heterocycles. The molecule has 0 amide bonds. The van der Waals surface area contributed by atoms with Crippen LogP contribution in [-0.2, 0) is 6.42 Å². The van der Waals surface area contributed by atoms with Crippen LogP contribution < -0.4 is 15.2 Å². The normalized spacial score (nSPS) is 12.9. The minimum Gasteiger partial charge on any atom is -0.493 e. The molecule has 1 aromatic rings. The zero-order valence-electron chi connectivity index (χ0n) is 10.7. The smallest absolute Gasteiger partial charge is 0.403 e. The standard InChI is InChI=1S/C11H13F3N2O4/c1-19-8-3-6(4-10(15)11(12,13)14)7(16(17)18)5-9(8)20-2/h3,5,10H,4,15H2,1-2H3. The largest absolute Gasteiger partial charge is 0.493 e. The number of alkyl halides is 3. The average Bonchev–Trinajstić information content (AvgIpc) is 2.36. The van der Waals surface area contributed by atoms with Gasteiger partial charge in [-0.3, -0.25) is 10.1 Å². The van der Waals surface area contributed by atoms with Crippen molar-refractivity contribution in [3.8, 4) is 11.5 Å². The summed E-state index contributed by atoms with van der Waals surface area (Å²) < 4.78 is 47.1. The summed E-state index contributed by atoms with van der Waals surface area (Å²) in [4.78, 5) is 10.1. The van der Waals surface area contributed by atoms with Crippen molar-refractivity contribution in [2.75, 3.05) is 14.2 Å². The lowest BCUT2D eigenvalue weighted by atomic mass is 10.0. The first-order valence-corrected chi connectivity index (χ1v) is 5.42. The summed E-state index contributed by atoms with van der Waals surface area (Å²) in [6, 6.07) is -0.0564. The van der Waals surface area contributed by atoms with Crippen LogP contribution in [0.3, 0.4) is 0 Å². The van der Waals surface area contributed by atoms with Crippen molar-refractivity contribution in [1.82, 2.24) is 0 Å². The van der Waals surface area contributed by atoms with Gasteiger partial charge in [0.15, 0.2) is 11.5 Å². The molecule has 20 heavy (non-hydrogen) atoms. The predicted octanol–water partition coefficient (Wildman–Crippen LogP) is 2.04. The number of nitrogens with two attached hydrogens (primary N) is 1. The monoisotopic (exact) mass is 294 g/mol. The second kappa shape index (κ2) is 5.95. The third-order valence-corrected chi connectivity index (χ3v) is 2.64. The molecule has 0 spiro atoms. The second-order valence-electron chi connectivity index (χ2n) is 3.95. The number of hydrogen-bond acceptors (Lipinski definition) is 5. The third-order valence-electron chi connectivity index (χ3n) is 2.64. The maximum absolute atomic E-state index is 12.4. The van der Waals surface area contributed by atoms with Gasteiger partial charge in [0, 0.05) is 12.0 Å². The van der Waals surface area contributed by atoms with Gasteiger partial charge in [-0.15, -0.1) is 0 Å². The van der Waals surface area contributed by atoms with Crippen LogP contribution in [-0.4, -0.2) is 31.4 Å². The number of benzene rings is 1. The van der Waals surface area contributed by atoms with E-state index in [9.17, 15) is 23.3 Å². The fourth-order valence-corrected chi connectivity index (χ4v) is 1.60. The zero-order chi connectivity index (χ0) is 15.5. The van der Waals surface area contributed by atoms with Crippen molar-refractivity contribution in [3.05, 3.63) is 27.8 Å². The van der Waals surface area contributed by atoms with Gasteiger partial charge in [-0.25, -0.2) is 0 Å². The van der Waals surface area contributed by atoms with Gasteiger partial charge >= 0.3 is 6.18 Å². The highest BCUT2D eigenvalue weighted by Crippen LogP contribution is 2.36. The molecule has 1 rings (SSSR count). The van der Waals surface area contributed by atoms with Gasteiger partial charge in [0.25, 0.3) is 5.69 Å². The Labute approximate surface area is 112 Å². The Kier molecular flexibility index (Phi) is 4.77. The van der Waals surface area contributed by atoms with Crippen molar-refractivity contribution in [3.63, 3.8) is 0 Å². The number of hydrogen-bond donors (Lipinski definition) is 1. The van der Waals surface area contributed by atoms with E-state index in [0.717, 1.165) is 12.1 Å². The van der Waals surface area contributed by atoms with Gasteiger partial charge in [-0.05, 0) is 6.07 Å². The van der Waals surface area contributed by atoms with Crippen LogP contribution in [0.15, 0.2) is 12.1 Å². The molecule has 1 atom stereocenters. The minimum absolute atomic E-state index is 0.0588. The summed E-state index contributed by atoms with van der Waals surface area (Å²) in [5.74, 6) is 0.158. The summed E-state index contributed by atoms with van der Waals surface area (Å²) in [5, 5.41) is 10.9. The number of ether oxygens (including phenoxy) is 2. The fourth-order valence-electron chi connectivity index (χ4n) is 1.60. The Morgan fingerprint density at radius 2 is 1.80 bits per heavy atom. The summed E-state index contributed by atoms with van der Waals surface area (Å²) in [5.41, 5.74) is 4.33. The van der Waals surface area contributed by atoms with Crippen LogP contribution in [0.5, 0.6) is 11.5 Å². The van der Waals surface area contributed by atoms with Crippen LogP contribution in [0.4, 0.5) is 18.9 Å². The number of halogens is 3. The summed E-state index contributed by atoms with van der Waals surface area (Å²) in [6.07, 6.45) is -5.36. The predicted molar refractivity (Wildman–Crippen MR) is 63.9 cm³/mol. The molecule has 0 aliphatic carbocycles. The third kappa shape index (κ3) is 3.50. The SMILES string of the molecule is COc1cc(CC(N)C(F)(F)F)c([N+](=O)[O-])cc1OC. The highest BCUT2D eigenvalue weighted by Gasteiger charge is 2.38. The van der Waals surface area contributed by atoms with Gasteiger partial charge in [0.2, 0.25) is 0 Å². The van der Waals surface area contributed by atoms with Crippen molar-refractivity contribution in [2.24, 2.45) is 5.73 Å². The molecule has 6 nitrogen and oxygen atoms in total. The Morgan fingerprint density at radius 3 is 2.20 bits per heavy atom. The average molecular weight is 294 g/mol. The van der Waals surface area contributed by atoms with E-state index in [4.69, 9.17) is 15.2 Å². The molecule has 1 unspecified atom stereocenters. The molecular formula is C11H13F3N2O4. The molecule has 112 valence electrons. The number of nitro groups is 1. The van der Waals surface area contributed by atoms with E-state index in [0.29, 0.717) is 0 Å². The van der Waals surface area contributed by atoms with Gasteiger partial charge in [0.1, 0.15) is 6.04 Å². The maximum atomic E-state index is 12.4. The van der Waals surface area contributed by atoms with Gasteiger partial charge in [-0.2, -0.15) is 13.2 Å². The van der Waals surface area contributed by atoms with Crippen molar-refractivity contribution >= 4 is 5.69 Å². The molecular weight excluding hydrogens is 281 g/mol. The van der Waals surface area contributed by atoms with E-state index >= 15 is 0 Å². The van der Waals surface area contributed by atoms with E-state index in [1.54, 1.807) is 0 Å². The van der Waals surface area contributed by atoms with Crippen LogP contribution in [0, 0.1) is 10.1 Å². The highest BCUT2D eigenvalue weighted by atomic mass is 19.4. The van der Waals surface area contributed by atoms with E-state index in [1.807, 2.05) is 0 Å². The first kappa shape index (κ1) is 16.0. The lowest BCUT2D eigenvalue weighted by molar-refractivity contribution is -0.385. The summed E-state index contributed by atoms with van der Waals surface area (Å²) in [7, 11) is 2.54. The highest BCUT2D eigenvalue weighted by molar-refractivity contribution is 5.54. The Morgan fingerprint density at radius 1 is 1.30 bits per heavy atom. The lowest BCUT2D eigenvalue weighted by Gasteiger charge is -2.16. The number of methoxy groups -OCH3 is 2. The minimum atomic E-state index is -4.64. The number of nitrogens with zero attached hydrogens (tertiary/aromatic N) is 1. The van der Waals surface area contributed by atoms with E-state index in [-0.39, 0.29) is 17.1 Å². The topological polar surface area (TPSA) is 87.6 Å². The fraction of sp³-hybridized carbons (Fsp3) is 0.455. The Bertz CT molecular complexity index is 505. The second-order valence-corrected chi connectivity index (χ2v) is 3.95. The molecule has 0 radical (unpaired) electrons. The Hall–Kier alpha value is -2.03. The molecule has 1 aromatic carbocycles. The van der Waals surface area contributed by atoms with Gasteiger partial charge in [0.05, 0.1) is 25.2 Å². The van der Waals surface area contributed by atoms with Crippen molar-refractivity contribution < 1.29 is 27.6 Å². The molecule has 0 bridgehead atoms. The quantitative estimate of drug-likeness (QED) is 0.663. The van der Waals surface area contributed by atoms with Crippen LogP contribution in [0.25, 0.3) is 0 Å². The molecule has 0 saturated carbocycles. The maximum Gasteiger partial charge on any atom is 0.403 e. The van der Waals surface area contributed by atoms with E-state index in [1.165, 1.54) is 14.2 Å². The summed E-state index contributed by atoms with van der Waals surface area (Å²) in [6.45, 7) is 0. The number of nitro benzene ring substituents is 1. The molecule has 0 aromatic heterocycles. The first-order chi connectivity index (χ1) is 9.20. The van der Waals surface area contributed by atoms with Crippen LogP contribution in [0.2, 0.25) is 0 Å². The van der Waals surface area contributed by atoms with Gasteiger partial charge < -0.3 is 15.2 Å². The Balaban J connectivity index is 3.26. The number of rotatable bonds is 5. The van der Waals surface area contributed by atoms with Crippen molar-refractivity contribution in [2.45, 2.75) is 18.6 Å². The van der Waals surface area contributed by atoms with Crippen molar-refractivity contribution in [1.29, 1.82) is 0 Å². The van der Waals surface area contributed by atoms with Crippen LogP contribution in [0.1, 0.15) is 5.56 Å². The zero-order valence-corrected chi connectivity index (χ0v) is 10.7. The molecule has 0 fully saturated rings. The van der Waals surface area contributed by atoms with Crippen LogP contribution >= 0.6 is 0 Å². The molecule has 0 saturated heterocycles. The molecule has 0 aliphatic rings. The van der Waals surface area contributed by atoms with E-state index < -0.39 is 29.2 Å². The summed E-state index contributed by atoms with van der Waals surface area (Å²) >= 11 is 0.